The first-order chi connectivity index (χ1) is 20.6. The second-order valence-electron chi connectivity index (χ2n) is 10.0. The molecule has 3 aromatic rings. The lowest BCUT2D eigenvalue weighted by Gasteiger charge is -2.25. The first-order valence-electron chi connectivity index (χ1n) is 13.6. The zero-order valence-corrected chi connectivity index (χ0v) is 24.6. The number of aliphatic hydroxyl groups is 1. The van der Waals surface area contributed by atoms with Gasteiger partial charge in [-0.15, -0.1) is 0 Å². The topological polar surface area (TPSA) is 145 Å². The molecule has 3 aromatic carbocycles. The van der Waals surface area contributed by atoms with Crippen LogP contribution < -0.4 is 10.2 Å². The molecule has 0 aliphatic heterocycles. The molecule has 1 aliphatic rings. The van der Waals surface area contributed by atoms with Gasteiger partial charge in [-0.1, -0.05) is 53.5 Å². The smallest absolute Gasteiger partial charge is 0.334 e. The van der Waals surface area contributed by atoms with Crippen LogP contribution in [-0.4, -0.2) is 52.0 Å². The molecule has 3 N–H and O–H groups in total. The molecule has 4 rings (SSSR count). The molecule has 0 radical (unpaired) electrons. The number of hydrogen-bond acceptors (Lipinski definition) is 6. The Kier molecular flexibility index (Phi) is 10.9. The van der Waals surface area contributed by atoms with E-state index in [1.165, 1.54) is 12.0 Å². The molecule has 1 amide bonds. The summed E-state index contributed by atoms with van der Waals surface area (Å²) in [6.07, 6.45) is 4.88. The van der Waals surface area contributed by atoms with Gasteiger partial charge in [0, 0.05) is 32.8 Å². The van der Waals surface area contributed by atoms with Crippen LogP contribution in [0.1, 0.15) is 47.2 Å². The number of carboxylic acid groups (broad SMARTS) is 1. The summed E-state index contributed by atoms with van der Waals surface area (Å²) < 4.78 is 0. The molecule has 0 heterocycles. The second-order valence-corrected chi connectivity index (χ2v) is 10.9. The van der Waals surface area contributed by atoms with E-state index in [0.29, 0.717) is 21.4 Å². The summed E-state index contributed by atoms with van der Waals surface area (Å²) in [7, 11) is 0. The minimum atomic E-state index is -1.72. The summed E-state index contributed by atoms with van der Waals surface area (Å²) in [4.78, 5) is 40.9. The molecule has 0 unspecified atom stereocenters. The summed E-state index contributed by atoms with van der Waals surface area (Å²) >= 11 is 12.3. The number of hydrogen-bond donors (Lipinski definition) is 3. The molecule has 43 heavy (non-hydrogen) atoms. The van der Waals surface area contributed by atoms with Crippen molar-refractivity contribution in [3.63, 3.8) is 0 Å². The number of aliphatic imine (C=N–C) groups is 1. The lowest BCUT2D eigenvalue weighted by atomic mass is 9.93. The van der Waals surface area contributed by atoms with Gasteiger partial charge in [0.15, 0.2) is 11.9 Å². The number of aliphatic carboxylic acids is 1. The third-order valence-electron chi connectivity index (χ3n) is 6.83. The van der Waals surface area contributed by atoms with E-state index in [9.17, 15) is 24.8 Å². The fourth-order valence-electron chi connectivity index (χ4n) is 4.66. The van der Waals surface area contributed by atoms with Gasteiger partial charge in [0.25, 0.3) is 12.5 Å². The van der Waals surface area contributed by atoms with Crippen LogP contribution in [0.15, 0.2) is 77.8 Å². The van der Waals surface area contributed by atoms with Crippen LogP contribution in [0, 0.1) is 10.1 Å². The molecule has 224 valence electrons. The minimum absolute atomic E-state index is 0.150. The maximum absolute atomic E-state index is 12.4. The predicted molar refractivity (Wildman–Crippen MR) is 167 cm³/mol. The van der Waals surface area contributed by atoms with Crippen molar-refractivity contribution in [1.82, 2.24) is 5.32 Å². The van der Waals surface area contributed by atoms with Crippen molar-refractivity contribution in [2.24, 2.45) is 4.99 Å². The van der Waals surface area contributed by atoms with Gasteiger partial charge in [-0.25, -0.2) is 9.79 Å². The first kappa shape index (κ1) is 31.7. The van der Waals surface area contributed by atoms with Gasteiger partial charge in [0.2, 0.25) is 0 Å². The maximum Gasteiger partial charge on any atom is 0.334 e. The van der Waals surface area contributed by atoms with Crippen LogP contribution in [0.5, 0.6) is 0 Å². The molecule has 0 saturated carbocycles. The highest BCUT2D eigenvalue weighted by atomic mass is 35.5. The molecule has 1 aliphatic carbocycles. The Morgan fingerprint density at radius 3 is 2.28 bits per heavy atom. The summed E-state index contributed by atoms with van der Waals surface area (Å²) in [5.41, 5.74) is 4.40. The number of carbonyl (C=O) groups excluding carboxylic acids is 1. The van der Waals surface area contributed by atoms with Crippen molar-refractivity contribution >= 4 is 57.9 Å². The average Bonchev–Trinajstić information content (AvgIpc) is 2.98. The standard InChI is InChI=1S/C31H30Cl2N4O6/c32-24-14-25(33)16-26(15-24)35-29(19-37(42)43)36(27-12-10-22(11-13-27)21-4-2-1-3-5-21)18-20-6-8-23(9-7-20)30(39)34-17-28(38)31(40)41/h4,6-16,28,38H,1-3,5,17-19H2,(H,34,39)(H,40,41)/t28-/m1/s1. The van der Waals surface area contributed by atoms with E-state index in [1.54, 1.807) is 47.4 Å². The Hall–Kier alpha value is -4.25. The van der Waals surface area contributed by atoms with Crippen molar-refractivity contribution in [2.75, 3.05) is 18.0 Å². The van der Waals surface area contributed by atoms with E-state index in [-0.39, 0.29) is 17.9 Å². The van der Waals surface area contributed by atoms with E-state index >= 15 is 0 Å². The van der Waals surface area contributed by atoms with Crippen molar-refractivity contribution in [3.05, 3.63) is 110 Å². The molecular formula is C31H30Cl2N4O6. The number of carbonyl (C=O) groups is 2. The molecule has 0 fully saturated rings. The van der Waals surface area contributed by atoms with Gasteiger partial charge in [0.05, 0.1) is 12.2 Å². The Labute approximate surface area is 258 Å². The van der Waals surface area contributed by atoms with Gasteiger partial charge in [0.1, 0.15) is 0 Å². The lowest BCUT2D eigenvalue weighted by molar-refractivity contribution is -0.463. The molecule has 0 aromatic heterocycles. The monoisotopic (exact) mass is 624 g/mol. The zero-order chi connectivity index (χ0) is 30.9. The highest BCUT2D eigenvalue weighted by Crippen LogP contribution is 2.30. The molecule has 1 atom stereocenters. The number of amides is 1. The van der Waals surface area contributed by atoms with Gasteiger partial charge in [-0.3, -0.25) is 14.9 Å². The predicted octanol–water partition coefficient (Wildman–Crippen LogP) is 6.14. The van der Waals surface area contributed by atoms with Crippen molar-refractivity contribution in [2.45, 2.75) is 38.3 Å². The normalized spacial score (nSPS) is 14.0. The number of rotatable bonds is 11. The average molecular weight is 626 g/mol. The number of allylic oxidation sites excluding steroid dienone is 2. The third kappa shape index (κ3) is 9.12. The second kappa shape index (κ2) is 14.8. The Morgan fingerprint density at radius 2 is 1.70 bits per heavy atom. The van der Waals surface area contributed by atoms with Crippen LogP contribution in [0.4, 0.5) is 11.4 Å². The number of nitrogens with zero attached hydrogens (tertiary/aromatic N) is 3. The van der Waals surface area contributed by atoms with Crippen LogP contribution in [-0.2, 0) is 11.3 Å². The van der Waals surface area contributed by atoms with Crippen LogP contribution in [0.25, 0.3) is 5.57 Å². The maximum atomic E-state index is 12.4. The third-order valence-corrected chi connectivity index (χ3v) is 7.26. The van der Waals surface area contributed by atoms with Crippen molar-refractivity contribution in [3.8, 4) is 0 Å². The molecule has 0 bridgehead atoms. The highest BCUT2D eigenvalue weighted by molar-refractivity contribution is 6.35. The number of halogens is 2. The van der Waals surface area contributed by atoms with Crippen LogP contribution in [0.2, 0.25) is 10.0 Å². The number of aliphatic hydroxyl groups excluding tert-OH is 1. The molecule has 12 heteroatoms. The van der Waals surface area contributed by atoms with Gasteiger partial charge in [-0.05, 0) is 84.8 Å². The minimum Gasteiger partial charge on any atom is -0.479 e. The number of benzene rings is 3. The number of nitrogens with one attached hydrogen (secondary N) is 1. The largest absolute Gasteiger partial charge is 0.479 e. The Balaban J connectivity index is 1.67. The van der Waals surface area contributed by atoms with Gasteiger partial charge < -0.3 is 20.4 Å². The number of carboxylic acids is 1. The fourth-order valence-corrected chi connectivity index (χ4v) is 5.17. The molecule has 0 saturated heterocycles. The van der Waals surface area contributed by atoms with E-state index in [4.69, 9.17) is 28.3 Å². The summed E-state index contributed by atoms with van der Waals surface area (Å²) in [6, 6.07) is 19.0. The number of nitro groups is 1. The van der Waals surface area contributed by atoms with Crippen LogP contribution in [0.3, 0.4) is 0 Å². The molecule has 10 nitrogen and oxygen atoms in total. The van der Waals surface area contributed by atoms with E-state index in [0.717, 1.165) is 30.4 Å². The molecular weight excluding hydrogens is 595 g/mol. The fraction of sp³-hybridized carbons (Fsp3) is 0.258. The van der Waals surface area contributed by atoms with Crippen LogP contribution >= 0.6 is 23.2 Å². The number of amidine groups is 1. The van der Waals surface area contributed by atoms with Crippen molar-refractivity contribution in [1.29, 1.82) is 0 Å². The highest BCUT2D eigenvalue weighted by Gasteiger charge is 2.21. The van der Waals surface area contributed by atoms with Crippen molar-refractivity contribution < 1.29 is 24.7 Å². The van der Waals surface area contributed by atoms with Gasteiger partial charge in [-0.2, -0.15) is 0 Å². The Morgan fingerprint density at radius 1 is 1.02 bits per heavy atom. The SMILES string of the molecule is O=C(NC[C@@H](O)C(=O)O)c1ccc(CN(C(C[N+](=O)[O-])=Nc2cc(Cl)cc(Cl)c2)c2ccc(C3=CCCCC3)cc2)cc1. The molecule has 0 spiro atoms. The van der Waals surface area contributed by atoms with Gasteiger partial charge >= 0.3 is 5.97 Å². The van der Waals surface area contributed by atoms with E-state index < -0.39 is 36.0 Å². The quantitative estimate of drug-likeness (QED) is 0.100. The first-order valence-corrected chi connectivity index (χ1v) is 14.3. The summed E-state index contributed by atoms with van der Waals surface area (Å²) in [6.45, 7) is -0.836. The lowest BCUT2D eigenvalue weighted by Crippen LogP contribution is -2.36. The Bertz CT molecular complexity index is 1520. The zero-order valence-electron chi connectivity index (χ0n) is 23.1. The summed E-state index contributed by atoms with van der Waals surface area (Å²) in [5.74, 6) is -1.84. The number of anilines is 1. The summed E-state index contributed by atoms with van der Waals surface area (Å²) in [5, 5.41) is 33.1. The van der Waals surface area contributed by atoms with E-state index in [2.05, 4.69) is 16.4 Å². The van der Waals surface area contributed by atoms with E-state index in [1.807, 2.05) is 24.3 Å².